The van der Waals surface area contributed by atoms with Gasteiger partial charge in [-0.2, -0.15) is 15.0 Å². The Morgan fingerprint density at radius 3 is 2.25 bits per heavy atom. The third-order valence-electron chi connectivity index (χ3n) is 1.47. The lowest BCUT2D eigenvalue weighted by Gasteiger charge is -2.07. The first kappa shape index (κ1) is 13.4. The average Bonchev–Trinajstić information content (AvgIpc) is 2.15. The number of ether oxygens (including phenoxy) is 2. The molecule has 0 fully saturated rings. The van der Waals surface area contributed by atoms with Crippen LogP contribution in [0.15, 0.2) is 0 Å². The van der Waals surface area contributed by atoms with E-state index in [1.54, 1.807) is 0 Å². The van der Waals surface area contributed by atoms with E-state index in [4.69, 9.17) is 32.7 Å². The van der Waals surface area contributed by atoms with Crippen LogP contribution in [0.5, 0.6) is 6.01 Å². The number of hydrogen-bond acceptors (Lipinski definition) is 5. The van der Waals surface area contributed by atoms with E-state index in [0.29, 0.717) is 25.7 Å². The van der Waals surface area contributed by atoms with Crippen molar-refractivity contribution in [1.82, 2.24) is 15.0 Å². The lowest BCUT2D eigenvalue weighted by molar-refractivity contribution is 0.0791. The van der Waals surface area contributed by atoms with Gasteiger partial charge in [0.25, 0.3) is 0 Å². The summed E-state index contributed by atoms with van der Waals surface area (Å²) in [6, 6.07) is 0.109. The van der Waals surface area contributed by atoms with Gasteiger partial charge in [0, 0.05) is 6.61 Å². The summed E-state index contributed by atoms with van der Waals surface area (Å²) in [6.07, 6.45) is 0. The number of halogens is 2. The minimum Gasteiger partial charge on any atom is -0.461 e. The van der Waals surface area contributed by atoms with Crippen LogP contribution in [-0.4, -0.2) is 34.8 Å². The van der Waals surface area contributed by atoms with Crippen LogP contribution in [0.2, 0.25) is 10.6 Å². The van der Waals surface area contributed by atoms with E-state index in [-0.39, 0.29) is 16.6 Å². The highest BCUT2D eigenvalue weighted by molar-refractivity contribution is 6.31. The van der Waals surface area contributed by atoms with E-state index >= 15 is 0 Å². The van der Waals surface area contributed by atoms with Crippen molar-refractivity contribution in [2.75, 3.05) is 19.8 Å². The fourth-order valence-electron chi connectivity index (χ4n) is 0.884. The van der Waals surface area contributed by atoms with Gasteiger partial charge >= 0.3 is 6.01 Å². The van der Waals surface area contributed by atoms with Crippen molar-refractivity contribution in [2.24, 2.45) is 5.92 Å². The predicted molar refractivity (Wildman–Crippen MR) is 61.0 cm³/mol. The smallest absolute Gasteiger partial charge is 0.322 e. The van der Waals surface area contributed by atoms with Gasteiger partial charge in [0.15, 0.2) is 0 Å². The summed E-state index contributed by atoms with van der Waals surface area (Å²) in [6.45, 7) is 5.67. The molecule has 1 aromatic heterocycles. The molecular weight excluding hydrogens is 253 g/mol. The highest BCUT2D eigenvalue weighted by atomic mass is 35.5. The maximum absolute atomic E-state index is 5.57. The van der Waals surface area contributed by atoms with Crippen LogP contribution in [0.3, 0.4) is 0 Å². The van der Waals surface area contributed by atoms with Crippen LogP contribution in [0, 0.1) is 5.92 Å². The van der Waals surface area contributed by atoms with Crippen molar-refractivity contribution in [1.29, 1.82) is 0 Å². The molecule has 1 aromatic rings. The summed E-state index contributed by atoms with van der Waals surface area (Å²) < 4.78 is 10.5. The van der Waals surface area contributed by atoms with Gasteiger partial charge in [-0.1, -0.05) is 13.8 Å². The van der Waals surface area contributed by atoms with Crippen molar-refractivity contribution < 1.29 is 9.47 Å². The molecule has 0 unspecified atom stereocenters. The maximum Gasteiger partial charge on any atom is 0.322 e. The van der Waals surface area contributed by atoms with Gasteiger partial charge in [-0.15, -0.1) is 0 Å². The Hall–Kier alpha value is -0.650. The van der Waals surface area contributed by atoms with Crippen LogP contribution in [-0.2, 0) is 4.74 Å². The van der Waals surface area contributed by atoms with Crippen LogP contribution >= 0.6 is 23.2 Å². The Morgan fingerprint density at radius 1 is 1.06 bits per heavy atom. The van der Waals surface area contributed by atoms with Crippen LogP contribution in [0.25, 0.3) is 0 Å². The molecule has 0 bridgehead atoms. The van der Waals surface area contributed by atoms with Crippen molar-refractivity contribution in [2.45, 2.75) is 13.8 Å². The average molecular weight is 266 g/mol. The van der Waals surface area contributed by atoms with Crippen molar-refractivity contribution in [3.8, 4) is 6.01 Å². The molecule has 0 saturated carbocycles. The number of nitrogens with zero attached hydrogens (tertiary/aromatic N) is 3. The molecule has 0 aliphatic heterocycles. The summed E-state index contributed by atoms with van der Waals surface area (Å²) >= 11 is 11.1. The van der Waals surface area contributed by atoms with E-state index in [2.05, 4.69) is 28.8 Å². The van der Waals surface area contributed by atoms with Gasteiger partial charge in [0.1, 0.15) is 6.61 Å². The molecule has 90 valence electrons. The molecule has 0 N–H and O–H groups in total. The second-order valence-corrected chi connectivity index (χ2v) is 4.15. The fourth-order valence-corrected chi connectivity index (χ4v) is 1.23. The Morgan fingerprint density at radius 2 is 1.69 bits per heavy atom. The second-order valence-electron chi connectivity index (χ2n) is 3.47. The predicted octanol–water partition coefficient (Wildman–Crippen LogP) is 2.23. The molecule has 0 aromatic carbocycles. The normalized spacial score (nSPS) is 10.8. The van der Waals surface area contributed by atoms with Gasteiger partial charge < -0.3 is 9.47 Å². The highest BCUT2D eigenvalue weighted by Gasteiger charge is 2.03. The summed E-state index contributed by atoms with van der Waals surface area (Å²) in [5, 5.41) is 0.0243. The minimum absolute atomic E-state index is 0.0121. The number of hydrogen-bond donors (Lipinski definition) is 0. The molecule has 0 amide bonds. The summed E-state index contributed by atoms with van der Waals surface area (Å²) in [7, 11) is 0. The van der Waals surface area contributed by atoms with E-state index in [1.165, 1.54) is 0 Å². The Labute approximate surface area is 104 Å². The summed E-state index contributed by atoms with van der Waals surface area (Å²) in [5.74, 6) is 0.501. The Bertz CT molecular complexity index is 316. The summed E-state index contributed by atoms with van der Waals surface area (Å²) in [5.41, 5.74) is 0. The van der Waals surface area contributed by atoms with Crippen LogP contribution in [0.4, 0.5) is 0 Å². The molecule has 0 spiro atoms. The Balaban J connectivity index is 2.26. The highest BCUT2D eigenvalue weighted by Crippen LogP contribution is 2.10. The largest absolute Gasteiger partial charge is 0.461 e. The molecule has 5 nitrogen and oxygen atoms in total. The first-order valence-corrected chi connectivity index (χ1v) is 5.61. The molecule has 0 atom stereocenters. The monoisotopic (exact) mass is 265 g/mol. The van der Waals surface area contributed by atoms with E-state index in [0.717, 1.165) is 0 Å². The Kier molecular flexibility index (Phi) is 5.73. The van der Waals surface area contributed by atoms with Gasteiger partial charge in [0.2, 0.25) is 10.6 Å². The van der Waals surface area contributed by atoms with E-state index < -0.39 is 0 Å². The number of rotatable bonds is 6. The van der Waals surface area contributed by atoms with Gasteiger partial charge in [-0.25, -0.2) is 0 Å². The second kappa shape index (κ2) is 6.83. The van der Waals surface area contributed by atoms with Crippen molar-refractivity contribution >= 4 is 23.2 Å². The molecule has 16 heavy (non-hydrogen) atoms. The van der Waals surface area contributed by atoms with Gasteiger partial charge in [-0.3, -0.25) is 0 Å². The van der Waals surface area contributed by atoms with Crippen molar-refractivity contribution in [3.05, 3.63) is 10.6 Å². The van der Waals surface area contributed by atoms with Crippen molar-refractivity contribution in [3.63, 3.8) is 0 Å². The molecule has 1 heterocycles. The molecule has 7 heteroatoms. The van der Waals surface area contributed by atoms with Gasteiger partial charge in [0.05, 0.1) is 6.61 Å². The lowest BCUT2D eigenvalue weighted by atomic mass is 10.2. The topological polar surface area (TPSA) is 57.1 Å². The number of aromatic nitrogens is 3. The summed E-state index contributed by atoms with van der Waals surface area (Å²) in [4.78, 5) is 11.1. The molecule has 0 saturated heterocycles. The zero-order valence-electron chi connectivity index (χ0n) is 9.11. The molecular formula is C9H13Cl2N3O2. The molecule has 0 aliphatic rings. The standard InChI is InChI=1S/C9H13Cl2N3O2/c1-6(2)5-15-3-4-16-9-13-7(10)12-8(11)14-9/h6H,3-5H2,1-2H3. The van der Waals surface area contributed by atoms with Crippen LogP contribution in [0.1, 0.15) is 13.8 Å². The first-order valence-electron chi connectivity index (χ1n) is 4.85. The fraction of sp³-hybridized carbons (Fsp3) is 0.667. The third-order valence-corrected chi connectivity index (χ3v) is 1.81. The first-order chi connectivity index (χ1) is 7.58. The minimum atomic E-state index is 0.0121. The molecule has 1 rings (SSSR count). The third kappa shape index (κ3) is 5.44. The van der Waals surface area contributed by atoms with Crippen LogP contribution < -0.4 is 4.74 Å². The zero-order chi connectivity index (χ0) is 12.0. The van der Waals surface area contributed by atoms with E-state index in [1.807, 2.05) is 0 Å². The van der Waals surface area contributed by atoms with E-state index in [9.17, 15) is 0 Å². The maximum atomic E-state index is 5.57. The zero-order valence-corrected chi connectivity index (χ0v) is 10.6. The SMILES string of the molecule is CC(C)COCCOc1nc(Cl)nc(Cl)n1. The lowest BCUT2D eigenvalue weighted by Crippen LogP contribution is -2.11. The molecule has 0 radical (unpaired) electrons. The quantitative estimate of drug-likeness (QED) is 0.739. The molecule has 0 aliphatic carbocycles. The van der Waals surface area contributed by atoms with Gasteiger partial charge in [-0.05, 0) is 29.1 Å².